The monoisotopic (exact) mass is 279 g/mol. The number of carbonyl (C=O) groups excluding carboxylic acids is 1. The Bertz CT molecular complexity index is 589. The lowest BCUT2D eigenvalue weighted by molar-refractivity contribution is -0.113. The predicted octanol–water partition coefficient (Wildman–Crippen LogP) is 3.70. The van der Waals surface area contributed by atoms with Gasteiger partial charge in [-0.2, -0.15) is 0 Å². The molecular formula is C14H11F2NOS. The molecule has 0 unspecified atom stereocenters. The Kier molecular flexibility index (Phi) is 4.52. The summed E-state index contributed by atoms with van der Waals surface area (Å²) in [5.41, 5.74) is 0.388. The Morgan fingerprint density at radius 3 is 2.63 bits per heavy atom. The van der Waals surface area contributed by atoms with E-state index in [1.54, 1.807) is 24.3 Å². The van der Waals surface area contributed by atoms with Crippen molar-refractivity contribution in [2.45, 2.75) is 4.90 Å². The molecule has 0 spiro atoms. The number of nitrogens with one attached hydrogen (secondary N) is 1. The van der Waals surface area contributed by atoms with E-state index in [0.717, 1.165) is 11.8 Å². The number of benzene rings is 2. The number of hydrogen-bond acceptors (Lipinski definition) is 2. The van der Waals surface area contributed by atoms with Gasteiger partial charge in [-0.3, -0.25) is 4.79 Å². The second-order valence-electron chi connectivity index (χ2n) is 3.78. The van der Waals surface area contributed by atoms with E-state index in [4.69, 9.17) is 0 Å². The van der Waals surface area contributed by atoms with Gasteiger partial charge >= 0.3 is 0 Å². The van der Waals surface area contributed by atoms with Gasteiger partial charge in [0.05, 0.1) is 5.75 Å². The van der Waals surface area contributed by atoms with Crippen molar-refractivity contribution in [3.05, 3.63) is 60.2 Å². The van der Waals surface area contributed by atoms with E-state index < -0.39 is 5.82 Å². The normalized spacial score (nSPS) is 10.2. The van der Waals surface area contributed by atoms with E-state index >= 15 is 0 Å². The van der Waals surface area contributed by atoms with Gasteiger partial charge in [0.25, 0.3) is 0 Å². The summed E-state index contributed by atoms with van der Waals surface area (Å²) < 4.78 is 26.2. The summed E-state index contributed by atoms with van der Waals surface area (Å²) >= 11 is 1.10. The lowest BCUT2D eigenvalue weighted by Gasteiger charge is -2.05. The van der Waals surface area contributed by atoms with Crippen LogP contribution in [0, 0.1) is 11.6 Å². The Hall–Kier alpha value is -1.88. The highest BCUT2D eigenvalue weighted by Crippen LogP contribution is 2.21. The molecule has 0 bridgehead atoms. The minimum absolute atomic E-state index is 0.0669. The highest BCUT2D eigenvalue weighted by Gasteiger charge is 2.07. The molecule has 98 valence electrons. The van der Waals surface area contributed by atoms with Gasteiger partial charge in [-0.15, -0.1) is 11.8 Å². The van der Waals surface area contributed by atoms with Crippen LogP contribution in [0.4, 0.5) is 14.5 Å². The Labute approximate surface area is 113 Å². The van der Waals surface area contributed by atoms with E-state index in [1.807, 2.05) is 0 Å². The van der Waals surface area contributed by atoms with E-state index in [-0.39, 0.29) is 17.5 Å². The number of halogens is 2. The maximum atomic E-state index is 13.3. The first-order chi connectivity index (χ1) is 9.15. The van der Waals surface area contributed by atoms with Gasteiger partial charge in [0.15, 0.2) is 0 Å². The van der Waals surface area contributed by atoms with Gasteiger partial charge in [-0.25, -0.2) is 8.78 Å². The van der Waals surface area contributed by atoms with Crippen molar-refractivity contribution in [3.63, 3.8) is 0 Å². The topological polar surface area (TPSA) is 29.1 Å². The molecule has 0 aliphatic heterocycles. The van der Waals surface area contributed by atoms with Crippen LogP contribution in [0.5, 0.6) is 0 Å². The van der Waals surface area contributed by atoms with Crippen molar-refractivity contribution < 1.29 is 13.6 Å². The minimum atomic E-state index is -0.417. The molecule has 0 aliphatic carbocycles. The molecule has 0 fully saturated rings. The molecule has 5 heteroatoms. The van der Waals surface area contributed by atoms with E-state index in [9.17, 15) is 13.6 Å². The molecular weight excluding hydrogens is 268 g/mol. The molecule has 0 saturated carbocycles. The lowest BCUT2D eigenvalue weighted by atomic mass is 10.3. The Morgan fingerprint density at radius 2 is 1.89 bits per heavy atom. The minimum Gasteiger partial charge on any atom is -0.325 e. The Morgan fingerprint density at radius 1 is 1.11 bits per heavy atom. The SMILES string of the molecule is O=C(CSc1ccccc1F)Nc1cccc(F)c1. The van der Waals surface area contributed by atoms with Crippen LogP contribution in [-0.4, -0.2) is 11.7 Å². The van der Waals surface area contributed by atoms with Crippen molar-refractivity contribution in [2.24, 2.45) is 0 Å². The van der Waals surface area contributed by atoms with Gasteiger partial charge in [0.2, 0.25) is 5.91 Å². The second-order valence-corrected chi connectivity index (χ2v) is 4.79. The third kappa shape index (κ3) is 4.06. The molecule has 19 heavy (non-hydrogen) atoms. The van der Waals surface area contributed by atoms with Gasteiger partial charge in [0, 0.05) is 10.6 Å². The fraction of sp³-hybridized carbons (Fsp3) is 0.0714. The fourth-order valence-electron chi connectivity index (χ4n) is 1.47. The van der Waals surface area contributed by atoms with Gasteiger partial charge in [-0.1, -0.05) is 18.2 Å². The quantitative estimate of drug-likeness (QED) is 0.865. The molecule has 0 saturated heterocycles. The lowest BCUT2D eigenvalue weighted by Crippen LogP contribution is -2.14. The summed E-state index contributed by atoms with van der Waals surface area (Å²) in [6, 6.07) is 11.9. The zero-order valence-corrected chi connectivity index (χ0v) is 10.7. The van der Waals surface area contributed by atoms with Crippen LogP contribution in [0.3, 0.4) is 0 Å². The summed E-state index contributed by atoms with van der Waals surface area (Å²) in [4.78, 5) is 12.0. The fourth-order valence-corrected chi connectivity index (χ4v) is 2.21. The molecule has 0 heterocycles. The molecule has 2 rings (SSSR count). The van der Waals surface area contributed by atoms with Crippen LogP contribution in [0.2, 0.25) is 0 Å². The molecule has 0 radical (unpaired) electrons. The van der Waals surface area contributed by atoms with Crippen molar-refractivity contribution >= 4 is 23.4 Å². The average molecular weight is 279 g/mol. The van der Waals surface area contributed by atoms with E-state index in [1.165, 1.54) is 24.3 Å². The van der Waals surface area contributed by atoms with Crippen LogP contribution < -0.4 is 5.32 Å². The van der Waals surface area contributed by atoms with Gasteiger partial charge in [0.1, 0.15) is 11.6 Å². The number of thioether (sulfide) groups is 1. The number of anilines is 1. The van der Waals surface area contributed by atoms with Crippen molar-refractivity contribution in [2.75, 3.05) is 11.1 Å². The van der Waals surface area contributed by atoms with E-state index in [0.29, 0.717) is 10.6 Å². The van der Waals surface area contributed by atoms with Crippen molar-refractivity contribution in [3.8, 4) is 0 Å². The highest BCUT2D eigenvalue weighted by molar-refractivity contribution is 8.00. The number of hydrogen-bond donors (Lipinski definition) is 1. The van der Waals surface area contributed by atoms with E-state index in [2.05, 4.69) is 5.32 Å². The summed E-state index contributed by atoms with van der Waals surface area (Å²) in [7, 11) is 0. The van der Waals surface area contributed by atoms with Crippen LogP contribution in [0.25, 0.3) is 0 Å². The molecule has 2 nitrogen and oxygen atoms in total. The number of carbonyl (C=O) groups is 1. The first-order valence-corrected chi connectivity index (χ1v) is 6.56. The predicted molar refractivity (Wildman–Crippen MR) is 72.2 cm³/mol. The molecule has 0 atom stereocenters. The summed E-state index contributed by atoms with van der Waals surface area (Å²) in [6.07, 6.45) is 0. The zero-order valence-electron chi connectivity index (χ0n) is 9.90. The third-order valence-electron chi connectivity index (χ3n) is 2.30. The largest absolute Gasteiger partial charge is 0.325 e. The summed E-state index contributed by atoms with van der Waals surface area (Å²) in [5.74, 6) is -1.01. The molecule has 2 aromatic carbocycles. The van der Waals surface area contributed by atoms with Crippen LogP contribution in [0.15, 0.2) is 53.4 Å². The maximum absolute atomic E-state index is 13.3. The molecule has 1 amide bonds. The molecule has 1 N–H and O–H groups in total. The van der Waals surface area contributed by atoms with Crippen LogP contribution in [0.1, 0.15) is 0 Å². The third-order valence-corrected chi connectivity index (χ3v) is 3.35. The standard InChI is InChI=1S/C14H11F2NOS/c15-10-4-3-5-11(8-10)17-14(18)9-19-13-7-2-1-6-12(13)16/h1-8H,9H2,(H,17,18). The van der Waals surface area contributed by atoms with Crippen LogP contribution >= 0.6 is 11.8 Å². The maximum Gasteiger partial charge on any atom is 0.234 e. The van der Waals surface area contributed by atoms with Crippen molar-refractivity contribution in [1.82, 2.24) is 0 Å². The number of amides is 1. The summed E-state index contributed by atoms with van der Waals surface area (Å²) in [6.45, 7) is 0. The van der Waals surface area contributed by atoms with Gasteiger partial charge in [-0.05, 0) is 30.3 Å². The first kappa shape index (κ1) is 13.5. The Balaban J connectivity index is 1.90. The molecule has 0 aromatic heterocycles. The van der Waals surface area contributed by atoms with Crippen LogP contribution in [-0.2, 0) is 4.79 Å². The highest BCUT2D eigenvalue weighted by atomic mass is 32.2. The first-order valence-electron chi connectivity index (χ1n) is 5.58. The average Bonchev–Trinajstić information content (AvgIpc) is 2.38. The summed E-state index contributed by atoms with van der Waals surface area (Å²) in [5, 5.41) is 2.55. The van der Waals surface area contributed by atoms with Gasteiger partial charge < -0.3 is 5.32 Å². The van der Waals surface area contributed by atoms with Crippen molar-refractivity contribution in [1.29, 1.82) is 0 Å². The second kappa shape index (κ2) is 6.33. The zero-order chi connectivity index (χ0) is 13.7. The molecule has 0 aliphatic rings. The smallest absolute Gasteiger partial charge is 0.234 e. The molecule has 2 aromatic rings. The number of rotatable bonds is 4.